The molecular weight excluding hydrogens is 345 g/mol. The summed E-state index contributed by atoms with van der Waals surface area (Å²) in [4.78, 5) is 30.9. The lowest BCUT2D eigenvalue weighted by atomic mass is 9.97. The molecule has 1 saturated heterocycles. The van der Waals surface area contributed by atoms with Crippen LogP contribution in [0.15, 0.2) is 24.3 Å². The molecule has 0 saturated carbocycles. The average molecular weight is 378 g/mol. The van der Waals surface area contributed by atoms with Crippen molar-refractivity contribution in [2.45, 2.75) is 39.5 Å². The molecule has 27 heavy (non-hydrogen) atoms. The Labute approximate surface area is 162 Å². The zero-order chi connectivity index (χ0) is 19.8. The average Bonchev–Trinajstić information content (AvgIpc) is 2.69. The number of hydrogen-bond donors (Lipinski definition) is 0. The van der Waals surface area contributed by atoms with E-state index >= 15 is 0 Å². The molecule has 1 unspecified atom stereocenters. The van der Waals surface area contributed by atoms with E-state index in [0.717, 1.165) is 25.2 Å². The van der Waals surface area contributed by atoms with Gasteiger partial charge < -0.3 is 14.7 Å². The van der Waals surface area contributed by atoms with Crippen molar-refractivity contribution in [1.29, 1.82) is 0 Å². The fraction of sp³-hybridized carbons (Fsp3) is 0.619. The van der Waals surface area contributed by atoms with Crippen molar-refractivity contribution in [3.05, 3.63) is 35.6 Å². The highest BCUT2D eigenvalue weighted by molar-refractivity contribution is 5.79. The van der Waals surface area contributed by atoms with Gasteiger partial charge in [-0.2, -0.15) is 0 Å². The van der Waals surface area contributed by atoms with Crippen LogP contribution in [0.1, 0.15) is 45.1 Å². The second-order valence-electron chi connectivity index (χ2n) is 7.20. The SMILES string of the molecule is CCN(CC)CCC(=O)N1CCN(C(=O)CC(C)c2ccc(F)cc2)CC1. The highest BCUT2D eigenvalue weighted by atomic mass is 19.1. The molecule has 0 bridgehead atoms. The Morgan fingerprint density at radius 1 is 1.00 bits per heavy atom. The molecule has 150 valence electrons. The number of piperazine rings is 1. The molecule has 2 amide bonds. The summed E-state index contributed by atoms with van der Waals surface area (Å²) in [7, 11) is 0. The first-order valence-electron chi connectivity index (χ1n) is 9.97. The van der Waals surface area contributed by atoms with Gasteiger partial charge in [0.25, 0.3) is 0 Å². The van der Waals surface area contributed by atoms with Crippen LogP contribution in [0.4, 0.5) is 4.39 Å². The monoisotopic (exact) mass is 377 g/mol. The van der Waals surface area contributed by atoms with Crippen LogP contribution in [-0.4, -0.2) is 72.3 Å². The predicted octanol–water partition coefficient (Wildman–Crippen LogP) is 2.72. The molecule has 0 spiro atoms. The molecule has 1 heterocycles. The molecule has 1 aliphatic rings. The summed E-state index contributed by atoms with van der Waals surface area (Å²) in [5, 5.41) is 0. The van der Waals surface area contributed by atoms with Crippen molar-refractivity contribution in [2.75, 3.05) is 45.8 Å². The van der Waals surface area contributed by atoms with Crippen molar-refractivity contribution in [3.63, 3.8) is 0 Å². The van der Waals surface area contributed by atoms with Gasteiger partial charge >= 0.3 is 0 Å². The van der Waals surface area contributed by atoms with Gasteiger partial charge in [-0.15, -0.1) is 0 Å². The Hall–Kier alpha value is -1.95. The fourth-order valence-corrected chi connectivity index (χ4v) is 3.46. The van der Waals surface area contributed by atoms with Crippen molar-refractivity contribution < 1.29 is 14.0 Å². The van der Waals surface area contributed by atoms with E-state index in [1.54, 1.807) is 12.1 Å². The van der Waals surface area contributed by atoms with Gasteiger partial charge in [0, 0.05) is 45.6 Å². The molecule has 0 aromatic heterocycles. The van der Waals surface area contributed by atoms with Gasteiger partial charge in [-0.3, -0.25) is 9.59 Å². The predicted molar refractivity (Wildman–Crippen MR) is 105 cm³/mol. The third-order valence-electron chi connectivity index (χ3n) is 5.44. The minimum Gasteiger partial charge on any atom is -0.339 e. The number of carbonyl (C=O) groups is 2. The van der Waals surface area contributed by atoms with Crippen LogP contribution in [0.2, 0.25) is 0 Å². The Balaban J connectivity index is 1.76. The summed E-state index contributed by atoms with van der Waals surface area (Å²) in [6.45, 7) is 11.3. The molecule has 5 nitrogen and oxygen atoms in total. The number of halogens is 1. The van der Waals surface area contributed by atoms with E-state index < -0.39 is 0 Å². The van der Waals surface area contributed by atoms with E-state index in [9.17, 15) is 14.0 Å². The van der Waals surface area contributed by atoms with E-state index in [2.05, 4.69) is 18.7 Å². The van der Waals surface area contributed by atoms with Crippen molar-refractivity contribution in [3.8, 4) is 0 Å². The number of carbonyl (C=O) groups excluding carboxylic acids is 2. The van der Waals surface area contributed by atoms with Gasteiger partial charge in [-0.05, 0) is 36.7 Å². The topological polar surface area (TPSA) is 43.9 Å². The number of benzene rings is 1. The van der Waals surface area contributed by atoms with E-state index in [-0.39, 0.29) is 23.5 Å². The lowest BCUT2D eigenvalue weighted by Crippen LogP contribution is -2.51. The molecule has 0 N–H and O–H groups in total. The second-order valence-corrected chi connectivity index (χ2v) is 7.20. The van der Waals surface area contributed by atoms with Gasteiger partial charge in [-0.25, -0.2) is 4.39 Å². The number of hydrogen-bond acceptors (Lipinski definition) is 3. The van der Waals surface area contributed by atoms with Crippen LogP contribution in [-0.2, 0) is 9.59 Å². The maximum Gasteiger partial charge on any atom is 0.223 e. The quantitative estimate of drug-likeness (QED) is 0.700. The van der Waals surface area contributed by atoms with Crippen molar-refractivity contribution in [1.82, 2.24) is 14.7 Å². The zero-order valence-corrected chi connectivity index (χ0v) is 16.8. The molecule has 1 fully saturated rings. The Morgan fingerprint density at radius 3 is 2.04 bits per heavy atom. The lowest BCUT2D eigenvalue weighted by Gasteiger charge is -2.35. The van der Waals surface area contributed by atoms with Crippen LogP contribution in [0, 0.1) is 5.82 Å². The first kappa shape index (κ1) is 21.4. The molecule has 1 atom stereocenters. The summed E-state index contributed by atoms with van der Waals surface area (Å²) in [6.07, 6.45) is 0.943. The molecule has 1 aromatic rings. The van der Waals surface area contributed by atoms with Gasteiger partial charge in [-0.1, -0.05) is 32.9 Å². The van der Waals surface area contributed by atoms with Crippen LogP contribution in [0.3, 0.4) is 0 Å². The standard InChI is InChI=1S/C21H32FN3O2/c1-4-23(5-2)11-10-20(26)24-12-14-25(15-13-24)21(27)16-17(3)18-6-8-19(22)9-7-18/h6-9,17H,4-5,10-16H2,1-3H3. The maximum atomic E-state index is 13.0. The van der Waals surface area contributed by atoms with E-state index in [0.29, 0.717) is 39.0 Å². The first-order chi connectivity index (χ1) is 12.9. The van der Waals surface area contributed by atoms with Crippen molar-refractivity contribution in [2.24, 2.45) is 0 Å². The van der Waals surface area contributed by atoms with Gasteiger partial charge in [0.05, 0.1) is 0 Å². The van der Waals surface area contributed by atoms with Crippen LogP contribution >= 0.6 is 0 Å². The lowest BCUT2D eigenvalue weighted by molar-refractivity contribution is -0.139. The third-order valence-corrected chi connectivity index (χ3v) is 5.44. The third kappa shape index (κ3) is 6.31. The molecule has 0 radical (unpaired) electrons. The first-order valence-corrected chi connectivity index (χ1v) is 9.97. The van der Waals surface area contributed by atoms with Gasteiger partial charge in [0.2, 0.25) is 11.8 Å². The van der Waals surface area contributed by atoms with Gasteiger partial charge in [0.15, 0.2) is 0 Å². The fourth-order valence-electron chi connectivity index (χ4n) is 3.46. The minimum absolute atomic E-state index is 0.0480. The van der Waals surface area contributed by atoms with Crippen molar-refractivity contribution >= 4 is 11.8 Å². The molecule has 1 aromatic carbocycles. The Bertz CT molecular complexity index is 608. The molecule has 0 aliphatic carbocycles. The number of amides is 2. The maximum absolute atomic E-state index is 13.0. The zero-order valence-electron chi connectivity index (χ0n) is 16.8. The molecular formula is C21H32FN3O2. The normalized spacial score (nSPS) is 15.9. The van der Waals surface area contributed by atoms with Gasteiger partial charge in [0.1, 0.15) is 5.82 Å². The summed E-state index contributed by atoms with van der Waals surface area (Å²) in [5.41, 5.74) is 0.968. The highest BCUT2D eigenvalue weighted by Gasteiger charge is 2.25. The largest absolute Gasteiger partial charge is 0.339 e. The molecule has 1 aliphatic heterocycles. The highest BCUT2D eigenvalue weighted by Crippen LogP contribution is 2.21. The van der Waals surface area contributed by atoms with E-state index in [4.69, 9.17) is 0 Å². The summed E-state index contributed by atoms with van der Waals surface area (Å²) in [5.74, 6) is 0.0571. The summed E-state index contributed by atoms with van der Waals surface area (Å²) in [6, 6.07) is 6.33. The Kier molecular flexibility index (Phi) is 8.23. The number of nitrogens with zero attached hydrogens (tertiary/aromatic N) is 3. The minimum atomic E-state index is -0.265. The summed E-state index contributed by atoms with van der Waals surface area (Å²) < 4.78 is 13.0. The molecule has 2 rings (SSSR count). The summed E-state index contributed by atoms with van der Waals surface area (Å²) >= 11 is 0. The van der Waals surface area contributed by atoms with E-state index in [1.165, 1.54) is 12.1 Å². The van der Waals surface area contributed by atoms with Crippen LogP contribution in [0.25, 0.3) is 0 Å². The number of rotatable bonds is 8. The Morgan fingerprint density at radius 2 is 1.52 bits per heavy atom. The smallest absolute Gasteiger partial charge is 0.223 e. The van der Waals surface area contributed by atoms with Crippen LogP contribution < -0.4 is 0 Å². The second kappa shape index (κ2) is 10.4. The van der Waals surface area contributed by atoms with E-state index in [1.807, 2.05) is 16.7 Å². The molecule has 6 heteroatoms. The van der Waals surface area contributed by atoms with Crippen LogP contribution in [0.5, 0.6) is 0 Å².